The van der Waals surface area contributed by atoms with Gasteiger partial charge in [0.1, 0.15) is 11.5 Å². The van der Waals surface area contributed by atoms with E-state index in [0.717, 1.165) is 41.9 Å². The molecule has 0 bridgehead atoms. The number of ether oxygens (including phenoxy) is 2. The molecular weight excluding hydrogens is 396 g/mol. The van der Waals surface area contributed by atoms with Crippen LogP contribution in [0.25, 0.3) is 22.8 Å². The topological polar surface area (TPSA) is 96.3 Å². The van der Waals surface area contributed by atoms with Crippen molar-refractivity contribution in [2.75, 3.05) is 13.2 Å². The van der Waals surface area contributed by atoms with Crippen LogP contribution in [0.4, 0.5) is 0 Å². The molecule has 2 aromatic heterocycles. The number of benzene rings is 2. The molecule has 8 heteroatoms. The van der Waals surface area contributed by atoms with Crippen LogP contribution in [0.2, 0.25) is 0 Å². The Balaban J connectivity index is 1.11. The van der Waals surface area contributed by atoms with Crippen molar-refractivity contribution in [3.63, 3.8) is 0 Å². The molecule has 8 nitrogen and oxygen atoms in total. The van der Waals surface area contributed by atoms with Gasteiger partial charge in [-0.05, 0) is 67.8 Å². The zero-order valence-electron chi connectivity index (χ0n) is 17.6. The molecule has 0 aliphatic carbocycles. The van der Waals surface area contributed by atoms with Crippen molar-refractivity contribution in [2.24, 2.45) is 0 Å². The number of aromatic nitrogens is 4. The van der Waals surface area contributed by atoms with Crippen LogP contribution in [0.5, 0.6) is 11.5 Å². The lowest BCUT2D eigenvalue weighted by atomic mass is 10.2. The van der Waals surface area contributed by atoms with Gasteiger partial charge in [-0.15, -0.1) is 0 Å². The van der Waals surface area contributed by atoms with Crippen molar-refractivity contribution in [2.45, 2.75) is 33.1 Å². The maximum atomic E-state index is 5.80. The second-order valence-corrected chi connectivity index (χ2v) is 7.08. The first-order valence-electron chi connectivity index (χ1n) is 10.2. The molecule has 0 unspecified atom stereocenters. The van der Waals surface area contributed by atoms with Gasteiger partial charge in [-0.1, -0.05) is 10.3 Å². The highest BCUT2D eigenvalue weighted by molar-refractivity contribution is 5.56. The third-order valence-corrected chi connectivity index (χ3v) is 4.61. The summed E-state index contributed by atoms with van der Waals surface area (Å²) in [7, 11) is 0. The number of hydrogen-bond acceptors (Lipinski definition) is 8. The highest BCUT2D eigenvalue weighted by atomic mass is 16.5. The lowest BCUT2D eigenvalue weighted by Gasteiger charge is -2.08. The van der Waals surface area contributed by atoms with E-state index < -0.39 is 0 Å². The quantitative estimate of drug-likeness (QED) is 0.330. The fourth-order valence-corrected chi connectivity index (χ4v) is 2.99. The summed E-state index contributed by atoms with van der Waals surface area (Å²) in [5, 5.41) is 7.82. The van der Waals surface area contributed by atoms with Gasteiger partial charge in [0.15, 0.2) is 0 Å². The molecule has 0 radical (unpaired) electrons. The van der Waals surface area contributed by atoms with Crippen molar-refractivity contribution < 1.29 is 18.5 Å². The van der Waals surface area contributed by atoms with Gasteiger partial charge in [-0.2, -0.15) is 9.97 Å². The molecule has 0 saturated heterocycles. The summed E-state index contributed by atoms with van der Waals surface area (Å²) in [6.45, 7) is 4.88. The van der Waals surface area contributed by atoms with Crippen molar-refractivity contribution in [1.29, 1.82) is 0 Å². The van der Waals surface area contributed by atoms with Crippen LogP contribution in [0.1, 0.15) is 31.0 Å². The largest absolute Gasteiger partial charge is 0.494 e. The molecule has 2 heterocycles. The molecule has 0 N–H and O–H groups in total. The smallest absolute Gasteiger partial charge is 0.223 e. The van der Waals surface area contributed by atoms with Gasteiger partial charge in [0, 0.05) is 25.0 Å². The second-order valence-electron chi connectivity index (χ2n) is 7.08. The average Bonchev–Trinajstić information content (AvgIpc) is 3.42. The minimum atomic E-state index is 0.551. The number of rotatable bonds is 10. The van der Waals surface area contributed by atoms with Gasteiger partial charge in [-0.3, -0.25) is 0 Å². The molecule has 0 atom stereocenters. The van der Waals surface area contributed by atoms with E-state index in [4.69, 9.17) is 18.5 Å². The Morgan fingerprint density at radius 2 is 1.03 bits per heavy atom. The van der Waals surface area contributed by atoms with Gasteiger partial charge in [0.2, 0.25) is 23.4 Å². The normalized spacial score (nSPS) is 10.9. The second kappa shape index (κ2) is 9.88. The van der Waals surface area contributed by atoms with E-state index >= 15 is 0 Å². The van der Waals surface area contributed by atoms with Gasteiger partial charge in [-0.25, -0.2) is 0 Å². The van der Waals surface area contributed by atoms with Gasteiger partial charge >= 0.3 is 0 Å². The molecule has 0 saturated carbocycles. The third-order valence-electron chi connectivity index (χ3n) is 4.61. The van der Waals surface area contributed by atoms with Crippen molar-refractivity contribution in [3.05, 3.63) is 60.3 Å². The number of aryl methyl sites for hydroxylation is 2. The molecule has 2 aromatic carbocycles. The van der Waals surface area contributed by atoms with Crippen molar-refractivity contribution in [3.8, 4) is 34.3 Å². The highest BCUT2D eigenvalue weighted by Crippen LogP contribution is 2.21. The molecule has 160 valence electrons. The lowest BCUT2D eigenvalue weighted by molar-refractivity contribution is 0.279. The average molecular weight is 420 g/mol. The van der Waals surface area contributed by atoms with Crippen LogP contribution in [0.3, 0.4) is 0 Å². The third kappa shape index (κ3) is 5.69. The predicted molar refractivity (Wildman–Crippen MR) is 114 cm³/mol. The minimum Gasteiger partial charge on any atom is -0.494 e. The summed E-state index contributed by atoms with van der Waals surface area (Å²) < 4.78 is 21.6. The Morgan fingerprint density at radius 1 is 0.613 bits per heavy atom. The molecule has 0 aliphatic heterocycles. The van der Waals surface area contributed by atoms with E-state index in [0.29, 0.717) is 36.6 Å². The first-order valence-corrected chi connectivity index (χ1v) is 10.2. The maximum Gasteiger partial charge on any atom is 0.223 e. The summed E-state index contributed by atoms with van der Waals surface area (Å²) >= 11 is 0. The predicted octanol–water partition coefficient (Wildman–Crippen LogP) is 5.03. The van der Waals surface area contributed by atoms with E-state index in [1.54, 1.807) is 13.8 Å². The minimum absolute atomic E-state index is 0.551. The molecule has 0 amide bonds. The van der Waals surface area contributed by atoms with Crippen LogP contribution in [0.15, 0.2) is 57.6 Å². The maximum absolute atomic E-state index is 5.80. The first kappa shape index (κ1) is 20.6. The standard InChI is InChI=1S/C23H24N4O4/c1-16-24-22(26-30-16)18-6-10-20(11-7-18)28-14-4-3-5-15-29-21-12-8-19(9-13-21)23-25-17(2)31-27-23/h6-13H,3-5,14-15H2,1-2H3. The monoisotopic (exact) mass is 420 g/mol. The molecular formula is C23H24N4O4. The number of hydrogen-bond donors (Lipinski definition) is 0. The first-order chi connectivity index (χ1) is 15.2. The number of nitrogens with zero attached hydrogens (tertiary/aromatic N) is 4. The molecule has 0 fully saturated rings. The Labute approximate surface area is 180 Å². The fourth-order valence-electron chi connectivity index (χ4n) is 2.99. The van der Waals surface area contributed by atoms with E-state index in [2.05, 4.69) is 20.3 Å². The van der Waals surface area contributed by atoms with E-state index in [1.165, 1.54) is 0 Å². The molecule has 4 rings (SSSR count). The van der Waals surface area contributed by atoms with Crippen LogP contribution >= 0.6 is 0 Å². The van der Waals surface area contributed by atoms with Gasteiger partial charge in [0.25, 0.3) is 0 Å². The lowest BCUT2D eigenvalue weighted by Crippen LogP contribution is -2.01. The van der Waals surface area contributed by atoms with Crippen molar-refractivity contribution >= 4 is 0 Å². The van der Waals surface area contributed by atoms with Gasteiger partial charge in [0.05, 0.1) is 13.2 Å². The summed E-state index contributed by atoms with van der Waals surface area (Å²) in [6, 6.07) is 15.4. The summed E-state index contributed by atoms with van der Waals surface area (Å²) in [4.78, 5) is 8.43. The Hall–Kier alpha value is -3.68. The van der Waals surface area contributed by atoms with Crippen molar-refractivity contribution in [1.82, 2.24) is 20.3 Å². The van der Waals surface area contributed by atoms with Crippen LogP contribution in [-0.2, 0) is 0 Å². The number of unbranched alkanes of at least 4 members (excludes halogenated alkanes) is 2. The zero-order chi connectivity index (χ0) is 21.5. The summed E-state index contributed by atoms with van der Waals surface area (Å²) in [6.07, 6.45) is 2.96. The molecule has 0 spiro atoms. The highest BCUT2D eigenvalue weighted by Gasteiger charge is 2.06. The zero-order valence-corrected chi connectivity index (χ0v) is 17.6. The molecule has 4 aromatic rings. The Bertz CT molecular complexity index is 1000. The molecule has 31 heavy (non-hydrogen) atoms. The van der Waals surface area contributed by atoms with E-state index in [1.807, 2.05) is 48.5 Å². The Morgan fingerprint density at radius 3 is 1.39 bits per heavy atom. The van der Waals surface area contributed by atoms with E-state index in [-0.39, 0.29) is 0 Å². The SMILES string of the molecule is Cc1nc(-c2ccc(OCCCCCOc3ccc(-c4noc(C)n4)cc3)cc2)no1. The van der Waals surface area contributed by atoms with Crippen LogP contribution in [-0.4, -0.2) is 33.5 Å². The Kier molecular flexibility index (Phi) is 6.56. The van der Waals surface area contributed by atoms with E-state index in [9.17, 15) is 0 Å². The van der Waals surface area contributed by atoms with Crippen LogP contribution in [0, 0.1) is 13.8 Å². The molecule has 0 aliphatic rings. The summed E-state index contributed by atoms with van der Waals surface area (Å²) in [5.41, 5.74) is 1.81. The summed E-state index contributed by atoms with van der Waals surface area (Å²) in [5.74, 6) is 3.94. The van der Waals surface area contributed by atoms with Gasteiger partial charge < -0.3 is 18.5 Å². The fraction of sp³-hybridized carbons (Fsp3) is 0.304. The van der Waals surface area contributed by atoms with Crippen LogP contribution < -0.4 is 9.47 Å².